The Hall–Kier alpha value is -2.83. The van der Waals surface area contributed by atoms with Crippen LogP contribution in [0.15, 0.2) is 70.5 Å². The molecule has 2 atom stereocenters. The second-order valence-corrected chi connectivity index (χ2v) is 8.55. The highest BCUT2D eigenvalue weighted by molar-refractivity contribution is 6.30. The molecule has 1 N–H and O–H groups in total. The predicted octanol–water partition coefficient (Wildman–Crippen LogP) is 5.08. The zero-order valence-corrected chi connectivity index (χ0v) is 18.1. The Morgan fingerprint density at radius 2 is 1.81 bits per heavy atom. The molecule has 1 aliphatic carbocycles. The topological polar surface area (TPSA) is 64.4 Å². The van der Waals surface area contributed by atoms with Crippen molar-refractivity contribution < 1.29 is 14.3 Å². The number of hydrogen-bond donors (Lipinski definition) is 1. The Labute approximate surface area is 186 Å². The Kier molecular flexibility index (Phi) is 5.20. The Morgan fingerprint density at radius 3 is 2.55 bits per heavy atom. The van der Waals surface area contributed by atoms with Gasteiger partial charge in [0.25, 0.3) is 0 Å². The molecule has 0 amide bonds. The molecule has 2 aliphatic heterocycles. The van der Waals surface area contributed by atoms with Gasteiger partial charge in [0.05, 0.1) is 12.9 Å². The van der Waals surface area contributed by atoms with Crippen molar-refractivity contribution in [2.75, 3.05) is 13.7 Å². The van der Waals surface area contributed by atoms with E-state index in [0.29, 0.717) is 11.6 Å². The van der Waals surface area contributed by atoms with Crippen LogP contribution in [0.1, 0.15) is 31.2 Å². The van der Waals surface area contributed by atoms with E-state index in [-0.39, 0.29) is 0 Å². The molecule has 31 heavy (non-hydrogen) atoms. The number of aliphatic imine (C=N–C) groups is 1. The van der Waals surface area contributed by atoms with Gasteiger partial charge in [0.1, 0.15) is 17.2 Å². The predicted molar refractivity (Wildman–Crippen MR) is 121 cm³/mol. The van der Waals surface area contributed by atoms with E-state index in [1.807, 2.05) is 42.6 Å². The van der Waals surface area contributed by atoms with Gasteiger partial charge in [-0.1, -0.05) is 16.8 Å². The first-order valence-corrected chi connectivity index (χ1v) is 10.8. The van der Waals surface area contributed by atoms with Crippen LogP contribution in [-0.4, -0.2) is 36.9 Å². The minimum absolute atomic E-state index is 0.524. The van der Waals surface area contributed by atoms with Crippen molar-refractivity contribution in [1.82, 2.24) is 5.32 Å². The third kappa shape index (κ3) is 3.50. The van der Waals surface area contributed by atoms with Gasteiger partial charge in [-0.05, 0) is 73.4 Å². The standard InChI is InChI=1S/C24H24ClN3O3/c1-29-24-15-27-16-26-14-17-3-2-12-23(24,13-17)31-28-22(24)18-4-8-20(9-5-18)30-21-10-6-19(25)7-11-21/h4-11,14,16H,2-3,12-13,15H2,1H3,(H,26,27)/b17-14-. The van der Waals surface area contributed by atoms with Crippen LogP contribution in [0.25, 0.3) is 0 Å². The molecule has 2 unspecified atom stereocenters. The van der Waals surface area contributed by atoms with Crippen molar-refractivity contribution in [3.63, 3.8) is 0 Å². The van der Waals surface area contributed by atoms with Gasteiger partial charge in [-0.3, -0.25) is 0 Å². The molecule has 0 radical (unpaired) electrons. The number of nitrogens with zero attached hydrogens (tertiary/aromatic N) is 2. The van der Waals surface area contributed by atoms with Gasteiger partial charge in [0.2, 0.25) is 0 Å². The second kappa shape index (κ2) is 8.02. The van der Waals surface area contributed by atoms with E-state index < -0.39 is 11.2 Å². The van der Waals surface area contributed by atoms with Crippen LogP contribution in [0.3, 0.4) is 0 Å². The number of rotatable bonds is 4. The number of methoxy groups -OCH3 is 1. The zero-order valence-electron chi connectivity index (χ0n) is 17.3. The lowest BCUT2D eigenvalue weighted by atomic mass is 9.68. The van der Waals surface area contributed by atoms with Gasteiger partial charge in [-0.25, -0.2) is 4.99 Å². The molecular formula is C24H24ClN3O3. The van der Waals surface area contributed by atoms with E-state index in [0.717, 1.165) is 48.5 Å². The molecule has 0 saturated heterocycles. The quantitative estimate of drug-likeness (QED) is 0.724. The lowest BCUT2D eigenvalue weighted by Gasteiger charge is -2.45. The zero-order chi connectivity index (χ0) is 21.3. The van der Waals surface area contributed by atoms with Crippen LogP contribution >= 0.6 is 11.6 Å². The highest BCUT2D eigenvalue weighted by atomic mass is 35.5. The first-order valence-electron chi connectivity index (χ1n) is 10.4. The molecule has 160 valence electrons. The summed E-state index contributed by atoms with van der Waals surface area (Å²) in [5, 5.41) is 8.53. The Balaban J connectivity index is 1.45. The normalized spacial score (nSPS) is 29.6. The molecule has 6 nitrogen and oxygen atoms in total. The fourth-order valence-electron chi connectivity index (χ4n) is 4.76. The number of hydrogen-bond acceptors (Lipinski definition) is 6. The first kappa shape index (κ1) is 20.1. The molecule has 5 rings (SSSR count). The molecule has 3 aliphatic rings. The molecule has 2 aromatic carbocycles. The summed E-state index contributed by atoms with van der Waals surface area (Å²) in [6, 6.07) is 15.1. The van der Waals surface area contributed by atoms with Gasteiger partial charge in [-0.2, -0.15) is 0 Å². The second-order valence-electron chi connectivity index (χ2n) is 8.11. The molecule has 2 heterocycles. The van der Waals surface area contributed by atoms with Crippen molar-refractivity contribution in [3.05, 3.63) is 70.9 Å². The first-order chi connectivity index (χ1) is 15.1. The van der Waals surface area contributed by atoms with Crippen LogP contribution < -0.4 is 10.1 Å². The minimum Gasteiger partial charge on any atom is -0.457 e. The van der Waals surface area contributed by atoms with Crippen LogP contribution in [0.4, 0.5) is 0 Å². The third-order valence-corrected chi connectivity index (χ3v) is 6.57. The molecule has 2 aromatic rings. The largest absolute Gasteiger partial charge is 0.457 e. The minimum atomic E-state index is -0.721. The fraction of sp³-hybridized carbons (Fsp3) is 0.333. The van der Waals surface area contributed by atoms with E-state index >= 15 is 0 Å². The fourth-order valence-corrected chi connectivity index (χ4v) is 4.89. The third-order valence-electron chi connectivity index (χ3n) is 6.32. The Bertz CT molecular complexity index is 1050. The van der Waals surface area contributed by atoms with Crippen LogP contribution in [-0.2, 0) is 9.57 Å². The monoisotopic (exact) mass is 437 g/mol. The van der Waals surface area contributed by atoms with Crippen molar-refractivity contribution >= 4 is 23.7 Å². The van der Waals surface area contributed by atoms with Crippen molar-refractivity contribution in [2.24, 2.45) is 10.1 Å². The highest BCUT2D eigenvalue weighted by Gasteiger charge is 2.63. The molecule has 1 spiro atoms. The number of nitrogens with one attached hydrogen (secondary N) is 1. The maximum atomic E-state index is 6.22. The Morgan fingerprint density at radius 1 is 1.06 bits per heavy atom. The van der Waals surface area contributed by atoms with E-state index in [2.05, 4.69) is 15.5 Å². The molecule has 1 saturated carbocycles. The molecule has 1 fully saturated rings. The smallest absolute Gasteiger partial charge is 0.177 e. The van der Waals surface area contributed by atoms with Gasteiger partial charge in [-0.15, -0.1) is 0 Å². The summed E-state index contributed by atoms with van der Waals surface area (Å²) in [4.78, 5) is 10.6. The summed E-state index contributed by atoms with van der Waals surface area (Å²) in [5.41, 5.74) is 1.73. The number of fused-ring (bicyclic) bond motifs is 1. The lowest BCUT2D eigenvalue weighted by molar-refractivity contribution is -0.147. The van der Waals surface area contributed by atoms with Gasteiger partial charge in [0.15, 0.2) is 11.2 Å². The summed E-state index contributed by atoms with van der Waals surface area (Å²) < 4.78 is 12.2. The lowest BCUT2D eigenvalue weighted by Crippen LogP contribution is -2.63. The maximum absolute atomic E-state index is 6.22. The van der Waals surface area contributed by atoms with Crippen molar-refractivity contribution in [2.45, 2.75) is 36.9 Å². The van der Waals surface area contributed by atoms with Crippen LogP contribution in [0.5, 0.6) is 11.5 Å². The number of oxime groups is 1. The summed E-state index contributed by atoms with van der Waals surface area (Å²) >= 11 is 5.95. The average molecular weight is 438 g/mol. The van der Waals surface area contributed by atoms with Crippen LogP contribution in [0.2, 0.25) is 5.02 Å². The molecule has 7 heteroatoms. The van der Waals surface area contributed by atoms with Gasteiger partial charge < -0.3 is 19.6 Å². The summed E-state index contributed by atoms with van der Waals surface area (Å²) in [7, 11) is 1.73. The number of halogens is 1. The average Bonchev–Trinajstić information content (AvgIpc) is 3.10. The maximum Gasteiger partial charge on any atom is 0.177 e. The van der Waals surface area contributed by atoms with E-state index in [1.165, 1.54) is 5.57 Å². The van der Waals surface area contributed by atoms with E-state index in [4.69, 9.17) is 25.9 Å². The van der Waals surface area contributed by atoms with E-state index in [1.54, 1.807) is 25.6 Å². The number of benzene rings is 2. The summed E-state index contributed by atoms with van der Waals surface area (Å²) in [5.74, 6) is 1.46. The summed E-state index contributed by atoms with van der Waals surface area (Å²) in [6.45, 7) is 0.524. The SMILES string of the molecule is COC12CN/C=N\C=C3\CCCC1(C3)ON=C2c1ccc(Oc2ccc(Cl)cc2)cc1. The van der Waals surface area contributed by atoms with Gasteiger partial charge >= 0.3 is 0 Å². The highest BCUT2D eigenvalue weighted by Crippen LogP contribution is 2.49. The van der Waals surface area contributed by atoms with Gasteiger partial charge in [0, 0.05) is 30.3 Å². The molecular weight excluding hydrogens is 414 g/mol. The summed E-state index contributed by atoms with van der Waals surface area (Å²) in [6.07, 6.45) is 7.33. The van der Waals surface area contributed by atoms with Crippen LogP contribution in [0, 0.1) is 0 Å². The van der Waals surface area contributed by atoms with E-state index in [9.17, 15) is 0 Å². The van der Waals surface area contributed by atoms with Crippen molar-refractivity contribution in [1.29, 1.82) is 0 Å². The molecule has 0 aromatic heterocycles. The molecule has 2 bridgehead atoms. The van der Waals surface area contributed by atoms with Crippen molar-refractivity contribution in [3.8, 4) is 11.5 Å². The number of ether oxygens (including phenoxy) is 2.